The summed E-state index contributed by atoms with van der Waals surface area (Å²) in [7, 11) is 0. The van der Waals surface area contributed by atoms with E-state index >= 15 is 0 Å². The Bertz CT molecular complexity index is 431. The first-order valence-electron chi connectivity index (χ1n) is 5.97. The number of aromatic hydroxyl groups is 1. The molecule has 0 unspecified atom stereocenters. The summed E-state index contributed by atoms with van der Waals surface area (Å²) in [6.07, 6.45) is 0.904. The van der Waals surface area contributed by atoms with Crippen LogP contribution in [-0.2, 0) is 13.0 Å². The molecule has 0 bridgehead atoms. The molecule has 0 atom stereocenters. The fraction of sp³-hybridized carbons (Fsp3) is 0.200. The van der Waals surface area contributed by atoms with E-state index in [1.165, 1.54) is 17.7 Å². The fourth-order valence-electron chi connectivity index (χ4n) is 1.73. The number of phenols is 1. The summed E-state index contributed by atoms with van der Waals surface area (Å²) in [6.45, 7) is 1.58. The molecule has 0 amide bonds. The van der Waals surface area contributed by atoms with E-state index in [0.29, 0.717) is 0 Å². The second-order valence-corrected chi connectivity index (χ2v) is 4.22. The minimum absolute atomic E-state index is 0.206. The molecule has 0 aromatic heterocycles. The van der Waals surface area contributed by atoms with E-state index in [0.717, 1.165) is 25.1 Å². The van der Waals surface area contributed by atoms with Crippen molar-refractivity contribution in [3.8, 4) is 5.75 Å². The summed E-state index contributed by atoms with van der Waals surface area (Å²) in [5.74, 6) is 0.0841. The monoisotopic (exact) mass is 245 g/mol. The zero-order valence-corrected chi connectivity index (χ0v) is 10.1. The summed E-state index contributed by atoms with van der Waals surface area (Å²) in [4.78, 5) is 0. The van der Waals surface area contributed by atoms with Crippen LogP contribution in [-0.4, -0.2) is 11.7 Å². The average Bonchev–Trinajstić information content (AvgIpc) is 2.39. The summed E-state index contributed by atoms with van der Waals surface area (Å²) in [5.41, 5.74) is 2.25. The van der Waals surface area contributed by atoms with Gasteiger partial charge in [0.05, 0.1) is 0 Å². The molecule has 2 aromatic rings. The topological polar surface area (TPSA) is 32.3 Å². The van der Waals surface area contributed by atoms with Gasteiger partial charge >= 0.3 is 0 Å². The minimum Gasteiger partial charge on any atom is -0.508 e. The van der Waals surface area contributed by atoms with E-state index in [-0.39, 0.29) is 11.6 Å². The molecule has 2 nitrogen and oxygen atoms in total. The van der Waals surface area contributed by atoms with Gasteiger partial charge in [0.2, 0.25) is 0 Å². The molecule has 0 aliphatic heterocycles. The molecule has 0 spiro atoms. The molecule has 0 aliphatic carbocycles. The van der Waals surface area contributed by atoms with Crippen molar-refractivity contribution < 1.29 is 9.50 Å². The van der Waals surface area contributed by atoms with Gasteiger partial charge in [-0.3, -0.25) is 0 Å². The molecular weight excluding hydrogens is 229 g/mol. The van der Waals surface area contributed by atoms with E-state index in [9.17, 15) is 4.39 Å². The number of hydrogen-bond donors (Lipinski definition) is 2. The predicted molar refractivity (Wildman–Crippen MR) is 69.9 cm³/mol. The van der Waals surface area contributed by atoms with E-state index in [2.05, 4.69) is 5.32 Å². The van der Waals surface area contributed by atoms with Crippen molar-refractivity contribution in [2.45, 2.75) is 13.0 Å². The normalized spacial score (nSPS) is 10.5. The Kier molecular flexibility index (Phi) is 4.31. The number of hydrogen-bond acceptors (Lipinski definition) is 2. The Hall–Kier alpha value is -1.87. The van der Waals surface area contributed by atoms with Gasteiger partial charge in [-0.25, -0.2) is 4.39 Å². The van der Waals surface area contributed by atoms with Crippen LogP contribution in [0.15, 0.2) is 48.5 Å². The van der Waals surface area contributed by atoms with Crippen LogP contribution in [0.3, 0.4) is 0 Å². The van der Waals surface area contributed by atoms with Crippen LogP contribution >= 0.6 is 0 Å². The van der Waals surface area contributed by atoms with E-state index < -0.39 is 0 Å². The molecule has 2 aromatic carbocycles. The molecule has 3 heteroatoms. The van der Waals surface area contributed by atoms with Gasteiger partial charge in [-0.05, 0) is 48.4 Å². The first kappa shape index (κ1) is 12.6. The highest BCUT2D eigenvalue weighted by Crippen LogP contribution is 2.09. The van der Waals surface area contributed by atoms with Crippen LogP contribution in [0, 0.1) is 5.82 Å². The summed E-state index contributed by atoms with van der Waals surface area (Å²) < 4.78 is 12.7. The van der Waals surface area contributed by atoms with Crippen LogP contribution in [0.2, 0.25) is 0 Å². The van der Waals surface area contributed by atoms with E-state index in [4.69, 9.17) is 5.11 Å². The lowest BCUT2D eigenvalue weighted by atomic mass is 10.1. The fourth-order valence-corrected chi connectivity index (χ4v) is 1.73. The number of nitrogens with one attached hydrogen (secondary N) is 1. The van der Waals surface area contributed by atoms with Crippen LogP contribution in [0.25, 0.3) is 0 Å². The number of rotatable bonds is 5. The zero-order valence-electron chi connectivity index (χ0n) is 10.1. The third kappa shape index (κ3) is 3.86. The Morgan fingerprint density at radius 3 is 2.17 bits per heavy atom. The highest BCUT2D eigenvalue weighted by atomic mass is 19.1. The molecule has 0 saturated carbocycles. The Morgan fingerprint density at radius 1 is 0.889 bits per heavy atom. The van der Waals surface area contributed by atoms with Crippen molar-refractivity contribution in [3.63, 3.8) is 0 Å². The lowest BCUT2D eigenvalue weighted by Gasteiger charge is -2.05. The average molecular weight is 245 g/mol. The quantitative estimate of drug-likeness (QED) is 0.794. The lowest BCUT2D eigenvalue weighted by Crippen LogP contribution is -2.16. The Balaban J connectivity index is 1.73. The summed E-state index contributed by atoms with van der Waals surface area (Å²) in [6, 6.07) is 13.7. The van der Waals surface area contributed by atoms with Gasteiger partial charge in [0.25, 0.3) is 0 Å². The Morgan fingerprint density at radius 2 is 1.50 bits per heavy atom. The minimum atomic E-state index is -0.206. The highest BCUT2D eigenvalue weighted by molar-refractivity contribution is 5.26. The van der Waals surface area contributed by atoms with Crippen LogP contribution in [0.1, 0.15) is 11.1 Å². The maximum absolute atomic E-state index is 12.7. The second kappa shape index (κ2) is 6.17. The molecule has 0 saturated heterocycles. The number of benzene rings is 2. The van der Waals surface area contributed by atoms with Gasteiger partial charge in [0, 0.05) is 6.54 Å². The maximum atomic E-state index is 12.7. The van der Waals surface area contributed by atoms with Gasteiger partial charge in [0.1, 0.15) is 11.6 Å². The van der Waals surface area contributed by atoms with Crippen molar-refractivity contribution in [3.05, 3.63) is 65.5 Å². The van der Waals surface area contributed by atoms with Gasteiger partial charge < -0.3 is 10.4 Å². The summed E-state index contributed by atoms with van der Waals surface area (Å²) in [5, 5.41) is 12.5. The third-order valence-electron chi connectivity index (χ3n) is 2.77. The Labute approximate surface area is 106 Å². The molecule has 18 heavy (non-hydrogen) atoms. The smallest absolute Gasteiger partial charge is 0.123 e. The summed E-state index contributed by atoms with van der Waals surface area (Å²) >= 11 is 0. The second-order valence-electron chi connectivity index (χ2n) is 4.22. The molecule has 0 fully saturated rings. The van der Waals surface area contributed by atoms with E-state index in [1.54, 1.807) is 24.3 Å². The van der Waals surface area contributed by atoms with Gasteiger partial charge in [-0.15, -0.1) is 0 Å². The van der Waals surface area contributed by atoms with Crippen LogP contribution in [0.4, 0.5) is 4.39 Å². The number of halogens is 1. The SMILES string of the molecule is Oc1ccc(CCNCc2ccc(F)cc2)cc1. The van der Waals surface area contributed by atoms with Crippen molar-refractivity contribution in [2.24, 2.45) is 0 Å². The molecule has 0 radical (unpaired) electrons. The van der Waals surface area contributed by atoms with Crippen molar-refractivity contribution in [1.29, 1.82) is 0 Å². The first-order valence-corrected chi connectivity index (χ1v) is 5.97. The maximum Gasteiger partial charge on any atom is 0.123 e. The molecule has 0 heterocycles. The first-order chi connectivity index (χ1) is 8.74. The molecule has 0 aliphatic rings. The lowest BCUT2D eigenvalue weighted by molar-refractivity contribution is 0.475. The van der Waals surface area contributed by atoms with E-state index in [1.807, 2.05) is 12.1 Å². The molecule has 94 valence electrons. The molecule has 2 rings (SSSR count). The van der Waals surface area contributed by atoms with Gasteiger partial charge in [-0.1, -0.05) is 24.3 Å². The third-order valence-corrected chi connectivity index (χ3v) is 2.77. The van der Waals surface area contributed by atoms with Crippen molar-refractivity contribution in [1.82, 2.24) is 5.32 Å². The standard InChI is InChI=1S/C15H16FNO/c16-14-5-1-13(2-6-14)11-17-10-9-12-3-7-15(18)8-4-12/h1-8,17-18H,9-11H2. The van der Waals surface area contributed by atoms with Gasteiger partial charge in [0.15, 0.2) is 0 Å². The van der Waals surface area contributed by atoms with Gasteiger partial charge in [-0.2, -0.15) is 0 Å². The van der Waals surface area contributed by atoms with Crippen LogP contribution in [0.5, 0.6) is 5.75 Å². The molecular formula is C15H16FNO. The largest absolute Gasteiger partial charge is 0.508 e. The van der Waals surface area contributed by atoms with Crippen LogP contribution < -0.4 is 5.32 Å². The van der Waals surface area contributed by atoms with Crippen molar-refractivity contribution in [2.75, 3.05) is 6.54 Å². The predicted octanol–water partition coefficient (Wildman–Crippen LogP) is 2.86. The van der Waals surface area contributed by atoms with Crippen molar-refractivity contribution >= 4 is 0 Å². The zero-order chi connectivity index (χ0) is 12.8. The molecule has 2 N–H and O–H groups in total. The number of phenolic OH excluding ortho intramolecular Hbond substituents is 1. The highest BCUT2D eigenvalue weighted by Gasteiger charge is 1.95.